The summed E-state index contributed by atoms with van der Waals surface area (Å²) in [5.41, 5.74) is 0. The van der Waals surface area contributed by atoms with Gasteiger partial charge in [-0.25, -0.2) is 0 Å². The molecule has 0 radical (unpaired) electrons. The summed E-state index contributed by atoms with van der Waals surface area (Å²) in [6, 6.07) is 8.56. The number of hydrogen-bond acceptors (Lipinski definition) is 5. The van der Waals surface area contributed by atoms with Crippen LogP contribution in [0.2, 0.25) is 0 Å². The molecule has 118 valence electrons. The van der Waals surface area contributed by atoms with Crippen molar-refractivity contribution in [3.63, 3.8) is 0 Å². The smallest absolute Gasteiger partial charge is 0.122 e. The molecule has 22 heavy (non-hydrogen) atoms. The molecule has 1 aliphatic heterocycles. The third-order valence-corrected chi connectivity index (χ3v) is 4.22. The summed E-state index contributed by atoms with van der Waals surface area (Å²) in [6.45, 7) is 3.60. The summed E-state index contributed by atoms with van der Waals surface area (Å²) < 4.78 is 5.61. The Bertz CT molecular complexity index is 494. The molecule has 1 fully saturated rings. The van der Waals surface area contributed by atoms with E-state index in [-0.39, 0.29) is 12.0 Å². The fourth-order valence-corrected chi connectivity index (χ4v) is 2.97. The molecule has 5 nitrogen and oxygen atoms in total. The van der Waals surface area contributed by atoms with Gasteiger partial charge in [0.2, 0.25) is 0 Å². The van der Waals surface area contributed by atoms with Crippen LogP contribution in [-0.4, -0.2) is 31.1 Å². The molecule has 2 rings (SSSR count). The van der Waals surface area contributed by atoms with Crippen LogP contribution in [0.1, 0.15) is 43.9 Å². The normalized spacial score (nSPS) is 18.3. The predicted octanol–water partition coefficient (Wildman–Crippen LogP) is 2.84. The van der Waals surface area contributed by atoms with Crippen LogP contribution in [0.25, 0.3) is 0 Å². The molecular formula is C17H24N4O. The molecule has 0 spiro atoms. The van der Waals surface area contributed by atoms with E-state index < -0.39 is 0 Å². The molecule has 1 saturated heterocycles. The van der Waals surface area contributed by atoms with Gasteiger partial charge < -0.3 is 9.73 Å². The van der Waals surface area contributed by atoms with Crippen LogP contribution in [0.4, 0.5) is 0 Å². The first-order valence-electron chi connectivity index (χ1n) is 8.10. The highest BCUT2D eigenvalue weighted by atomic mass is 16.3. The predicted molar refractivity (Wildman–Crippen MR) is 83.7 cm³/mol. The molecule has 2 heterocycles. The van der Waals surface area contributed by atoms with Crippen LogP contribution in [0, 0.1) is 28.6 Å². The Balaban J connectivity index is 1.87. The second kappa shape index (κ2) is 9.25. The van der Waals surface area contributed by atoms with Gasteiger partial charge in [0.1, 0.15) is 5.76 Å². The highest BCUT2D eigenvalue weighted by molar-refractivity contribution is 5.06. The average Bonchev–Trinajstić information content (AvgIpc) is 3.09. The highest BCUT2D eigenvalue weighted by Crippen LogP contribution is 2.24. The minimum absolute atomic E-state index is 0.0988. The van der Waals surface area contributed by atoms with Crippen molar-refractivity contribution in [3.05, 3.63) is 24.2 Å². The summed E-state index contributed by atoms with van der Waals surface area (Å²) in [5.74, 6) is 0.887. The number of furan rings is 1. The molecule has 1 aliphatic rings. The van der Waals surface area contributed by atoms with E-state index in [4.69, 9.17) is 14.9 Å². The lowest BCUT2D eigenvalue weighted by molar-refractivity contribution is 0.142. The van der Waals surface area contributed by atoms with Gasteiger partial charge in [-0.2, -0.15) is 10.5 Å². The van der Waals surface area contributed by atoms with Crippen molar-refractivity contribution in [2.24, 2.45) is 5.92 Å². The first kappa shape index (κ1) is 16.5. The van der Waals surface area contributed by atoms with Crippen molar-refractivity contribution in [1.29, 1.82) is 10.5 Å². The Morgan fingerprint density at radius 1 is 1.23 bits per heavy atom. The highest BCUT2D eigenvalue weighted by Gasteiger charge is 2.24. The van der Waals surface area contributed by atoms with Gasteiger partial charge in [0.15, 0.2) is 0 Å². The maximum Gasteiger partial charge on any atom is 0.122 e. The van der Waals surface area contributed by atoms with E-state index in [0.29, 0.717) is 19.4 Å². The average molecular weight is 300 g/mol. The molecule has 0 aromatic carbocycles. The van der Waals surface area contributed by atoms with Crippen LogP contribution in [0.5, 0.6) is 0 Å². The number of rotatable bonds is 8. The van der Waals surface area contributed by atoms with Gasteiger partial charge in [-0.05, 0) is 44.5 Å². The van der Waals surface area contributed by atoms with Gasteiger partial charge in [0.25, 0.3) is 0 Å². The van der Waals surface area contributed by atoms with E-state index in [1.54, 1.807) is 6.26 Å². The minimum Gasteiger partial charge on any atom is -0.468 e. The zero-order chi connectivity index (χ0) is 15.6. The monoisotopic (exact) mass is 300 g/mol. The number of nitrogens with one attached hydrogen (secondary N) is 1. The molecule has 1 aromatic rings. The van der Waals surface area contributed by atoms with Gasteiger partial charge in [0, 0.05) is 19.5 Å². The Morgan fingerprint density at radius 2 is 2.05 bits per heavy atom. The van der Waals surface area contributed by atoms with Crippen LogP contribution < -0.4 is 5.32 Å². The first-order valence-corrected chi connectivity index (χ1v) is 8.10. The van der Waals surface area contributed by atoms with E-state index in [1.165, 1.54) is 19.3 Å². The first-order chi connectivity index (χ1) is 10.8. The van der Waals surface area contributed by atoms with Crippen molar-refractivity contribution < 1.29 is 4.42 Å². The zero-order valence-corrected chi connectivity index (χ0v) is 13.0. The van der Waals surface area contributed by atoms with E-state index in [1.807, 2.05) is 12.1 Å². The Hall–Kier alpha value is -1.82. The Morgan fingerprint density at radius 3 is 2.68 bits per heavy atom. The van der Waals surface area contributed by atoms with Gasteiger partial charge in [0.05, 0.1) is 30.4 Å². The molecule has 0 amide bonds. The summed E-state index contributed by atoms with van der Waals surface area (Å²) in [5, 5.41) is 21.1. The molecule has 0 saturated carbocycles. The van der Waals surface area contributed by atoms with Crippen molar-refractivity contribution in [2.45, 2.75) is 38.1 Å². The summed E-state index contributed by atoms with van der Waals surface area (Å²) >= 11 is 0. The molecule has 0 aliphatic carbocycles. The quantitative estimate of drug-likeness (QED) is 0.799. The molecule has 1 N–H and O–H groups in total. The SMILES string of the molecule is N#CCCC(C#N)CNCC(c1ccco1)N1CCCCC1. The number of piperidine rings is 1. The topological polar surface area (TPSA) is 76.0 Å². The second-order valence-corrected chi connectivity index (χ2v) is 5.81. The van der Waals surface area contributed by atoms with Crippen LogP contribution in [-0.2, 0) is 0 Å². The minimum atomic E-state index is -0.0988. The lowest BCUT2D eigenvalue weighted by Crippen LogP contribution is -2.39. The van der Waals surface area contributed by atoms with Crippen molar-refractivity contribution in [2.75, 3.05) is 26.2 Å². The van der Waals surface area contributed by atoms with Crippen LogP contribution in [0.3, 0.4) is 0 Å². The lowest BCUT2D eigenvalue weighted by atomic mass is 10.0. The number of likely N-dealkylation sites (tertiary alicyclic amines) is 1. The second-order valence-electron chi connectivity index (χ2n) is 5.81. The fourth-order valence-electron chi connectivity index (χ4n) is 2.97. The summed E-state index contributed by atoms with van der Waals surface area (Å²) in [4.78, 5) is 2.46. The maximum atomic E-state index is 9.12. The van der Waals surface area contributed by atoms with E-state index in [0.717, 1.165) is 25.4 Å². The van der Waals surface area contributed by atoms with Crippen molar-refractivity contribution >= 4 is 0 Å². The van der Waals surface area contributed by atoms with Crippen molar-refractivity contribution in [1.82, 2.24) is 10.2 Å². The van der Waals surface area contributed by atoms with Gasteiger partial charge in [-0.3, -0.25) is 4.90 Å². The van der Waals surface area contributed by atoms with E-state index in [9.17, 15) is 0 Å². The number of hydrogen-bond donors (Lipinski definition) is 1. The van der Waals surface area contributed by atoms with E-state index >= 15 is 0 Å². The maximum absolute atomic E-state index is 9.12. The van der Waals surface area contributed by atoms with Crippen LogP contribution in [0.15, 0.2) is 22.8 Å². The lowest BCUT2D eigenvalue weighted by Gasteiger charge is -2.33. The molecule has 0 bridgehead atoms. The van der Waals surface area contributed by atoms with Gasteiger partial charge >= 0.3 is 0 Å². The number of nitrogens with zero attached hydrogens (tertiary/aromatic N) is 3. The zero-order valence-electron chi connectivity index (χ0n) is 13.0. The summed E-state index contributed by atoms with van der Waals surface area (Å²) in [7, 11) is 0. The largest absolute Gasteiger partial charge is 0.468 e. The molecule has 2 unspecified atom stereocenters. The summed E-state index contributed by atoms with van der Waals surface area (Å²) in [6.07, 6.45) is 6.57. The number of nitriles is 2. The fraction of sp³-hybridized carbons (Fsp3) is 0.647. The third-order valence-electron chi connectivity index (χ3n) is 4.22. The third kappa shape index (κ3) is 4.87. The Labute approximate surface area is 132 Å². The van der Waals surface area contributed by atoms with Gasteiger partial charge in [-0.15, -0.1) is 0 Å². The molecular weight excluding hydrogens is 276 g/mol. The van der Waals surface area contributed by atoms with E-state index in [2.05, 4.69) is 22.4 Å². The van der Waals surface area contributed by atoms with Gasteiger partial charge in [-0.1, -0.05) is 6.42 Å². The molecule has 1 aromatic heterocycles. The Kier molecular flexibility index (Phi) is 6.96. The molecule has 5 heteroatoms. The van der Waals surface area contributed by atoms with Crippen LogP contribution >= 0.6 is 0 Å². The van der Waals surface area contributed by atoms with Crippen molar-refractivity contribution in [3.8, 4) is 12.1 Å². The standard InChI is InChI=1S/C17H24N4O/c18-8-4-6-15(12-19)13-20-14-16(17-7-5-11-22-17)21-9-2-1-3-10-21/h5,7,11,15-16,20H,1-4,6,9-10,13-14H2. The molecule has 2 atom stereocenters.